The smallest absolute Gasteiger partial charge is 0.277 e. The van der Waals surface area contributed by atoms with Crippen molar-refractivity contribution in [2.75, 3.05) is 0 Å². The fourth-order valence-electron chi connectivity index (χ4n) is 2.33. The van der Waals surface area contributed by atoms with Crippen molar-refractivity contribution in [1.29, 1.82) is 0 Å². The molecule has 0 radical (unpaired) electrons. The summed E-state index contributed by atoms with van der Waals surface area (Å²) in [6.45, 7) is 5.05. The minimum atomic E-state index is -0.884. The van der Waals surface area contributed by atoms with Crippen LogP contribution in [0.15, 0.2) is 34.9 Å². The van der Waals surface area contributed by atoms with Crippen molar-refractivity contribution in [3.05, 3.63) is 58.1 Å². The topological polar surface area (TPSA) is 49.2 Å². The van der Waals surface area contributed by atoms with E-state index in [4.69, 9.17) is 9.47 Å². The second kappa shape index (κ2) is 7.59. The van der Waals surface area contributed by atoms with Gasteiger partial charge in [-0.15, -0.1) is 5.10 Å². The van der Waals surface area contributed by atoms with Crippen LogP contribution >= 0.6 is 15.9 Å². The molecule has 0 aliphatic rings. The van der Waals surface area contributed by atoms with Gasteiger partial charge in [0.2, 0.25) is 5.75 Å². The van der Waals surface area contributed by atoms with Gasteiger partial charge in [0.15, 0.2) is 29.0 Å². The number of pyridine rings is 1. The molecular formula is C18H15BrF3N3O2. The van der Waals surface area contributed by atoms with Crippen molar-refractivity contribution >= 4 is 15.9 Å². The summed E-state index contributed by atoms with van der Waals surface area (Å²) in [5.41, 5.74) is 0.266. The molecule has 0 fully saturated rings. The van der Waals surface area contributed by atoms with Crippen LogP contribution in [-0.4, -0.2) is 20.9 Å². The van der Waals surface area contributed by atoms with Gasteiger partial charge >= 0.3 is 0 Å². The lowest BCUT2D eigenvalue weighted by molar-refractivity contribution is 0.222. The number of benzene rings is 1. The molecule has 0 unspecified atom stereocenters. The molecule has 0 aliphatic carbocycles. The minimum Gasteiger partial charge on any atom is -0.471 e. The Hall–Kier alpha value is -2.55. The zero-order valence-electron chi connectivity index (χ0n) is 14.6. The highest BCUT2D eigenvalue weighted by atomic mass is 79.9. The monoisotopic (exact) mass is 441 g/mol. The van der Waals surface area contributed by atoms with Crippen molar-refractivity contribution in [2.24, 2.45) is 0 Å². The van der Waals surface area contributed by atoms with Gasteiger partial charge in [-0.2, -0.15) is 0 Å². The van der Waals surface area contributed by atoms with E-state index in [2.05, 4.69) is 26.0 Å². The summed E-state index contributed by atoms with van der Waals surface area (Å²) in [6, 6.07) is 4.58. The van der Waals surface area contributed by atoms with Gasteiger partial charge in [-0.1, -0.05) is 6.07 Å². The molecule has 27 heavy (non-hydrogen) atoms. The normalized spacial score (nSPS) is 11.1. The second-order valence-corrected chi connectivity index (χ2v) is 6.83. The molecule has 5 nitrogen and oxygen atoms in total. The molecule has 0 saturated carbocycles. The number of aromatic nitrogens is 3. The number of hydrogen-bond donors (Lipinski definition) is 0. The number of ether oxygens (including phenoxy) is 2. The Morgan fingerprint density at radius 2 is 1.74 bits per heavy atom. The predicted octanol–water partition coefficient (Wildman–Crippen LogP) is 5.34. The van der Waals surface area contributed by atoms with Gasteiger partial charge in [-0.3, -0.25) is 0 Å². The van der Waals surface area contributed by atoms with E-state index in [0.717, 1.165) is 16.8 Å². The molecule has 2 heterocycles. The van der Waals surface area contributed by atoms with Crippen molar-refractivity contribution in [3.63, 3.8) is 0 Å². The Labute approximate surface area is 161 Å². The minimum absolute atomic E-state index is 0.0307. The number of nitrogens with zero attached hydrogens (tertiary/aromatic N) is 3. The van der Waals surface area contributed by atoms with E-state index >= 15 is 0 Å². The average Bonchev–Trinajstić information content (AvgIpc) is 2.86. The van der Waals surface area contributed by atoms with E-state index in [1.54, 1.807) is 20.8 Å². The standard InChI is InChI=1S/C18H15BrF3N3O2/c1-9(2)26-18-15(27-16-12(20)5-4-6-13(16)21)10(3)25(24-18)17-14(22)7-11(19)8-23-17/h4-9H,1-3H3. The molecule has 0 bridgehead atoms. The summed E-state index contributed by atoms with van der Waals surface area (Å²) in [7, 11) is 0. The van der Waals surface area contributed by atoms with E-state index in [0.29, 0.717) is 4.47 Å². The van der Waals surface area contributed by atoms with Gasteiger partial charge < -0.3 is 9.47 Å². The zero-order chi connectivity index (χ0) is 19.7. The van der Waals surface area contributed by atoms with Crippen molar-refractivity contribution in [2.45, 2.75) is 26.9 Å². The van der Waals surface area contributed by atoms with E-state index in [-0.39, 0.29) is 29.2 Å². The summed E-state index contributed by atoms with van der Waals surface area (Å²) in [5, 5.41) is 4.17. The maximum atomic E-state index is 14.3. The third kappa shape index (κ3) is 3.92. The molecule has 3 aromatic rings. The Bertz CT molecular complexity index is 972. The molecule has 1 aromatic carbocycles. The Morgan fingerprint density at radius 3 is 2.33 bits per heavy atom. The Morgan fingerprint density at radius 1 is 1.07 bits per heavy atom. The van der Waals surface area contributed by atoms with Crippen molar-refractivity contribution in [3.8, 4) is 23.2 Å². The van der Waals surface area contributed by atoms with Crippen molar-refractivity contribution < 1.29 is 22.6 Å². The largest absolute Gasteiger partial charge is 0.471 e. The third-order valence-electron chi connectivity index (χ3n) is 3.49. The molecule has 9 heteroatoms. The van der Waals surface area contributed by atoms with Gasteiger partial charge in [-0.25, -0.2) is 22.8 Å². The summed E-state index contributed by atoms with van der Waals surface area (Å²) < 4.78 is 54.9. The summed E-state index contributed by atoms with van der Waals surface area (Å²) in [6.07, 6.45) is 1.10. The quantitative estimate of drug-likeness (QED) is 0.536. The molecule has 0 saturated heterocycles. The van der Waals surface area contributed by atoms with Crippen LogP contribution in [0.2, 0.25) is 0 Å². The van der Waals surface area contributed by atoms with Crippen LogP contribution in [0.4, 0.5) is 13.2 Å². The van der Waals surface area contributed by atoms with Crippen LogP contribution in [-0.2, 0) is 0 Å². The van der Waals surface area contributed by atoms with Crippen molar-refractivity contribution in [1.82, 2.24) is 14.8 Å². The zero-order valence-corrected chi connectivity index (χ0v) is 16.2. The fraction of sp³-hybridized carbons (Fsp3) is 0.222. The summed E-state index contributed by atoms with van der Waals surface area (Å²) in [4.78, 5) is 4.00. The number of rotatable bonds is 5. The van der Waals surface area contributed by atoms with Crippen LogP contribution in [0.25, 0.3) is 5.82 Å². The lowest BCUT2D eigenvalue weighted by atomic mass is 10.3. The maximum absolute atomic E-state index is 14.3. The third-order valence-corrected chi connectivity index (χ3v) is 3.92. The summed E-state index contributed by atoms with van der Waals surface area (Å²) >= 11 is 3.14. The molecule has 142 valence electrons. The highest BCUT2D eigenvalue weighted by Gasteiger charge is 2.25. The van der Waals surface area contributed by atoms with Crippen LogP contribution in [0, 0.1) is 24.4 Å². The highest BCUT2D eigenvalue weighted by Crippen LogP contribution is 2.38. The lowest BCUT2D eigenvalue weighted by Crippen LogP contribution is -2.08. The maximum Gasteiger partial charge on any atom is 0.277 e. The second-order valence-electron chi connectivity index (χ2n) is 5.91. The van der Waals surface area contributed by atoms with Gasteiger partial charge in [0, 0.05) is 10.7 Å². The lowest BCUT2D eigenvalue weighted by Gasteiger charge is -2.11. The first kappa shape index (κ1) is 19.2. The summed E-state index contributed by atoms with van der Waals surface area (Å²) in [5.74, 6) is -3.18. The van der Waals surface area contributed by atoms with Gasteiger partial charge in [0.25, 0.3) is 5.88 Å². The molecule has 3 rings (SSSR count). The van der Waals surface area contributed by atoms with E-state index in [1.165, 1.54) is 18.3 Å². The first-order valence-corrected chi connectivity index (χ1v) is 8.76. The number of para-hydroxylation sites is 1. The molecule has 0 N–H and O–H groups in total. The molecule has 0 atom stereocenters. The molecule has 0 aliphatic heterocycles. The Kier molecular flexibility index (Phi) is 5.41. The SMILES string of the molecule is Cc1c(Oc2c(F)cccc2F)c(OC(C)C)nn1-c1ncc(Br)cc1F. The van der Waals surface area contributed by atoms with Crippen LogP contribution < -0.4 is 9.47 Å². The number of halogens is 4. The van der Waals surface area contributed by atoms with Crippen LogP contribution in [0.1, 0.15) is 19.5 Å². The predicted molar refractivity (Wildman–Crippen MR) is 96.0 cm³/mol. The molecular weight excluding hydrogens is 427 g/mol. The van der Waals surface area contributed by atoms with Crippen LogP contribution in [0.5, 0.6) is 17.4 Å². The van der Waals surface area contributed by atoms with Gasteiger partial charge in [0.05, 0.1) is 11.8 Å². The van der Waals surface area contributed by atoms with Gasteiger partial charge in [-0.05, 0) is 54.9 Å². The molecule has 0 spiro atoms. The first-order chi connectivity index (χ1) is 12.8. The highest BCUT2D eigenvalue weighted by molar-refractivity contribution is 9.10. The van der Waals surface area contributed by atoms with Gasteiger partial charge in [0.1, 0.15) is 0 Å². The van der Waals surface area contributed by atoms with E-state index in [1.807, 2.05) is 0 Å². The van der Waals surface area contributed by atoms with E-state index < -0.39 is 23.2 Å². The van der Waals surface area contributed by atoms with Crippen LogP contribution in [0.3, 0.4) is 0 Å². The number of hydrogen-bond acceptors (Lipinski definition) is 4. The molecule has 2 aromatic heterocycles. The first-order valence-electron chi connectivity index (χ1n) is 7.97. The molecule has 0 amide bonds. The fourth-order valence-corrected chi connectivity index (χ4v) is 2.63. The average molecular weight is 442 g/mol. The Balaban J connectivity index is 2.13. The van der Waals surface area contributed by atoms with E-state index in [9.17, 15) is 13.2 Å².